The lowest BCUT2D eigenvalue weighted by Gasteiger charge is -2.09. The van der Waals surface area contributed by atoms with Gasteiger partial charge in [0.2, 0.25) is 0 Å². The summed E-state index contributed by atoms with van der Waals surface area (Å²) in [4.78, 5) is 11.8. The summed E-state index contributed by atoms with van der Waals surface area (Å²) in [6.07, 6.45) is 1.43. The minimum absolute atomic E-state index is 0.0501. The topological polar surface area (TPSA) is 70.9 Å². The molecule has 0 radical (unpaired) electrons. The predicted molar refractivity (Wildman–Crippen MR) is 108 cm³/mol. The van der Waals surface area contributed by atoms with Gasteiger partial charge in [-0.25, -0.2) is 5.43 Å². The summed E-state index contributed by atoms with van der Waals surface area (Å²) in [5.41, 5.74) is 5.08. The Labute approximate surface area is 170 Å². The van der Waals surface area contributed by atoms with E-state index < -0.39 is 0 Å². The van der Waals surface area contributed by atoms with Crippen LogP contribution in [-0.4, -0.2) is 23.8 Å². The third-order valence-electron chi connectivity index (χ3n) is 3.25. The van der Waals surface area contributed by atoms with Crippen molar-refractivity contribution in [3.8, 4) is 11.5 Å². The fraction of sp³-hybridized carbons (Fsp3) is 0.176. The van der Waals surface area contributed by atoms with Crippen LogP contribution in [0.2, 0.25) is 0 Å². The highest BCUT2D eigenvalue weighted by molar-refractivity contribution is 9.11. The Bertz CT molecular complexity index is 838. The van der Waals surface area contributed by atoms with Crippen LogP contribution in [-0.2, 0) is 4.79 Å². The number of carbonyl (C=O) groups is 1. The molecule has 0 aliphatic carbocycles. The lowest BCUT2D eigenvalue weighted by molar-refractivity contribution is -0.123. The zero-order chi connectivity index (χ0) is 18.6. The third-order valence-corrected chi connectivity index (χ3v) is 5.32. The predicted octanol–water partition coefficient (Wildman–Crippen LogP) is 4.83. The molecule has 2 aromatic carbocycles. The molecule has 0 saturated carbocycles. The number of aromatic hydroxyl groups is 1. The molecule has 1 amide bonds. The molecule has 0 aliphatic heterocycles. The number of carbonyl (C=O) groups excluding carboxylic acids is 1. The molecule has 0 unspecified atom stereocenters. The van der Waals surface area contributed by atoms with Crippen molar-refractivity contribution in [2.45, 2.75) is 13.8 Å². The first-order valence-corrected chi connectivity index (χ1v) is 9.56. The van der Waals surface area contributed by atoms with Gasteiger partial charge in [0.05, 0.1) is 15.2 Å². The number of nitrogens with zero attached hydrogens (tertiary/aromatic N) is 1. The molecule has 25 heavy (non-hydrogen) atoms. The van der Waals surface area contributed by atoms with E-state index >= 15 is 0 Å². The van der Waals surface area contributed by atoms with Crippen molar-refractivity contribution in [1.29, 1.82) is 0 Å². The maximum absolute atomic E-state index is 11.8. The minimum Gasteiger partial charge on any atom is -0.506 e. The van der Waals surface area contributed by atoms with E-state index in [1.165, 1.54) is 6.21 Å². The van der Waals surface area contributed by atoms with Gasteiger partial charge < -0.3 is 9.84 Å². The second-order valence-corrected chi connectivity index (χ2v) is 7.77. The summed E-state index contributed by atoms with van der Waals surface area (Å²) in [6, 6.07) is 7.43. The van der Waals surface area contributed by atoms with Crippen LogP contribution in [0.15, 0.2) is 42.8 Å². The number of phenolic OH excluding ortho intramolecular Hbond substituents is 1. The number of phenols is 1. The molecule has 0 fully saturated rings. The quantitative estimate of drug-likeness (QED) is 0.426. The number of rotatable bonds is 5. The van der Waals surface area contributed by atoms with Crippen LogP contribution in [0, 0.1) is 13.8 Å². The third kappa shape index (κ3) is 5.29. The van der Waals surface area contributed by atoms with Crippen LogP contribution in [0.25, 0.3) is 0 Å². The fourth-order valence-corrected chi connectivity index (χ4v) is 4.34. The van der Waals surface area contributed by atoms with Crippen LogP contribution >= 0.6 is 47.8 Å². The Morgan fingerprint density at radius 3 is 2.64 bits per heavy atom. The van der Waals surface area contributed by atoms with Gasteiger partial charge in [-0.15, -0.1) is 0 Å². The van der Waals surface area contributed by atoms with E-state index in [-0.39, 0.29) is 18.3 Å². The van der Waals surface area contributed by atoms with Gasteiger partial charge in [-0.3, -0.25) is 4.79 Å². The van der Waals surface area contributed by atoms with Crippen LogP contribution in [0.3, 0.4) is 0 Å². The molecule has 8 heteroatoms. The number of benzene rings is 2. The Hall–Kier alpha value is -1.38. The van der Waals surface area contributed by atoms with Gasteiger partial charge in [0.1, 0.15) is 11.5 Å². The van der Waals surface area contributed by atoms with E-state index in [2.05, 4.69) is 58.3 Å². The van der Waals surface area contributed by atoms with Crippen LogP contribution in [0.4, 0.5) is 0 Å². The van der Waals surface area contributed by atoms with Gasteiger partial charge >= 0.3 is 0 Å². The monoisotopic (exact) mass is 532 g/mol. The van der Waals surface area contributed by atoms with Crippen molar-refractivity contribution in [2.75, 3.05) is 6.61 Å². The lowest BCUT2D eigenvalue weighted by Crippen LogP contribution is -2.24. The van der Waals surface area contributed by atoms with Gasteiger partial charge in [0.25, 0.3) is 5.91 Å². The van der Waals surface area contributed by atoms with E-state index in [9.17, 15) is 9.90 Å². The fourth-order valence-electron chi connectivity index (χ4n) is 2.02. The Morgan fingerprint density at radius 2 is 1.96 bits per heavy atom. The molecule has 2 N–H and O–H groups in total. The number of hydrogen-bond acceptors (Lipinski definition) is 4. The highest BCUT2D eigenvalue weighted by Crippen LogP contribution is 2.38. The number of ether oxygens (including phenoxy) is 1. The normalized spacial score (nSPS) is 10.9. The first-order valence-electron chi connectivity index (χ1n) is 7.18. The van der Waals surface area contributed by atoms with Crippen molar-refractivity contribution in [3.05, 3.63) is 54.4 Å². The molecular weight excluding hydrogens is 520 g/mol. The average molecular weight is 535 g/mol. The van der Waals surface area contributed by atoms with E-state index in [0.29, 0.717) is 24.7 Å². The molecular formula is C17H15Br3N2O3. The second kappa shape index (κ2) is 8.82. The molecule has 0 spiro atoms. The molecule has 0 heterocycles. The molecule has 5 nitrogen and oxygen atoms in total. The maximum Gasteiger partial charge on any atom is 0.277 e. The average Bonchev–Trinajstić information content (AvgIpc) is 2.55. The second-order valence-electron chi connectivity index (χ2n) is 5.27. The molecule has 0 bridgehead atoms. The van der Waals surface area contributed by atoms with Gasteiger partial charge in [-0.1, -0.05) is 33.6 Å². The molecule has 0 saturated heterocycles. The molecule has 0 aromatic heterocycles. The summed E-state index contributed by atoms with van der Waals surface area (Å²) in [5.74, 6) is 0.326. The maximum atomic E-state index is 11.8. The number of aryl methyl sites for hydroxylation is 2. The highest BCUT2D eigenvalue weighted by Gasteiger charge is 2.12. The van der Waals surface area contributed by atoms with Gasteiger partial charge in [0.15, 0.2) is 6.61 Å². The van der Waals surface area contributed by atoms with Crippen molar-refractivity contribution in [3.63, 3.8) is 0 Å². The number of nitrogens with one attached hydrogen (secondary N) is 1. The van der Waals surface area contributed by atoms with Gasteiger partial charge in [0, 0.05) is 10.0 Å². The summed E-state index contributed by atoms with van der Waals surface area (Å²) < 4.78 is 7.18. The largest absolute Gasteiger partial charge is 0.506 e. The minimum atomic E-state index is -0.384. The van der Waals surface area contributed by atoms with E-state index in [1.54, 1.807) is 6.07 Å². The van der Waals surface area contributed by atoms with E-state index in [4.69, 9.17) is 4.74 Å². The van der Waals surface area contributed by atoms with Crippen molar-refractivity contribution in [1.82, 2.24) is 5.43 Å². The molecule has 2 rings (SSSR count). The number of halogens is 3. The molecule has 132 valence electrons. The molecule has 0 atom stereocenters. The van der Waals surface area contributed by atoms with E-state index in [1.807, 2.05) is 32.0 Å². The summed E-state index contributed by atoms with van der Waals surface area (Å²) >= 11 is 9.89. The first-order chi connectivity index (χ1) is 11.8. The van der Waals surface area contributed by atoms with Gasteiger partial charge in [-0.05, 0) is 63.4 Å². The summed E-state index contributed by atoms with van der Waals surface area (Å²) in [7, 11) is 0. The van der Waals surface area contributed by atoms with Gasteiger partial charge in [-0.2, -0.15) is 5.10 Å². The van der Waals surface area contributed by atoms with Crippen LogP contribution in [0.5, 0.6) is 11.5 Å². The SMILES string of the molecule is Cc1ccc(OCC(=O)NN=Cc2c(Br)cc(Br)c(O)c2Br)c(C)c1. The zero-order valence-electron chi connectivity index (χ0n) is 13.4. The Kier molecular flexibility index (Phi) is 7.04. The highest BCUT2D eigenvalue weighted by atomic mass is 79.9. The Morgan fingerprint density at radius 1 is 1.24 bits per heavy atom. The smallest absolute Gasteiger partial charge is 0.277 e. The summed E-state index contributed by atoms with van der Waals surface area (Å²) in [5, 5.41) is 13.8. The van der Waals surface area contributed by atoms with Crippen molar-refractivity contribution < 1.29 is 14.6 Å². The molecule has 0 aliphatic rings. The molecule has 2 aromatic rings. The summed E-state index contributed by atoms with van der Waals surface area (Å²) in [6.45, 7) is 3.77. The van der Waals surface area contributed by atoms with Crippen molar-refractivity contribution >= 4 is 59.9 Å². The van der Waals surface area contributed by atoms with Crippen LogP contribution < -0.4 is 10.2 Å². The zero-order valence-corrected chi connectivity index (χ0v) is 18.2. The van der Waals surface area contributed by atoms with Crippen LogP contribution in [0.1, 0.15) is 16.7 Å². The first kappa shape index (κ1) is 19.9. The number of hydrogen-bond donors (Lipinski definition) is 2. The lowest BCUT2D eigenvalue weighted by atomic mass is 10.1. The Balaban J connectivity index is 1.96. The number of hydrazone groups is 1. The number of amides is 1. The van der Waals surface area contributed by atoms with E-state index in [0.717, 1.165) is 11.1 Å². The standard InChI is InChI=1S/C17H15Br3N2O3/c1-9-3-4-14(10(2)5-9)25-8-15(23)22-21-7-11-12(18)6-13(19)17(24)16(11)20/h3-7,24H,8H2,1-2H3,(H,22,23). The van der Waals surface area contributed by atoms with Crippen molar-refractivity contribution in [2.24, 2.45) is 5.10 Å².